The van der Waals surface area contributed by atoms with E-state index in [2.05, 4.69) is 70.0 Å². The molecule has 2 aliphatic rings. The van der Waals surface area contributed by atoms with Crippen molar-refractivity contribution in [1.29, 1.82) is 0 Å². The van der Waals surface area contributed by atoms with Crippen molar-refractivity contribution in [2.75, 3.05) is 109 Å². The number of benzene rings is 7. The number of aromatic nitrogens is 2. The molecule has 0 atom stereocenters. The molecule has 2 saturated carbocycles. The lowest BCUT2D eigenvalue weighted by atomic mass is 9.77. The van der Waals surface area contributed by atoms with E-state index in [1.807, 2.05) is 82.8 Å². The minimum atomic E-state index is -0.496. The fourth-order valence-electron chi connectivity index (χ4n) is 14.4. The minimum Gasteiger partial charge on any atom is -0.494 e. The maximum Gasteiger partial charge on any atom is 0.343 e. The number of hydrazone groups is 2. The SMILES string of the molecule is C=CC(=O)OCCCCCCOc1ccc(C(=O)Oc2ccc(-c3ccc(CCC)cc3)cc2/C=N/N(CCOCCOC)c2nc3ccccc3s2)cc1.C=CC(=O)OCCCCCCOc1ccc(OC(=O)C2CCC(C(=O)Oc3ccc(C4CCC(CCC)CC4)cc3/C=N/N(CCOCCOCCOC(=O)C=C)c3nc4ccccc4s3)CC2)cc1. The Bertz CT molecular complexity index is 4850. The topological polar surface area (TPSA) is 270 Å². The number of carbonyl (C=O) groups is 6. The number of carbonyl (C=O) groups excluding carboxylic acids is 6. The van der Waals surface area contributed by atoms with Crippen LogP contribution in [0.3, 0.4) is 0 Å². The van der Waals surface area contributed by atoms with E-state index in [1.54, 1.807) is 79.4 Å². The molecule has 11 rings (SSSR count). The molecule has 24 nitrogen and oxygen atoms in total. The summed E-state index contributed by atoms with van der Waals surface area (Å²) in [7, 11) is 1.64. The molecule has 125 heavy (non-hydrogen) atoms. The van der Waals surface area contributed by atoms with Crippen LogP contribution in [0.25, 0.3) is 31.6 Å². The van der Waals surface area contributed by atoms with Gasteiger partial charge in [0.15, 0.2) is 0 Å². The summed E-state index contributed by atoms with van der Waals surface area (Å²) in [5.41, 5.74) is 8.00. The quantitative estimate of drug-likeness (QED) is 0.00652. The highest BCUT2D eigenvalue weighted by Gasteiger charge is 2.33. The van der Waals surface area contributed by atoms with Gasteiger partial charge in [0.05, 0.1) is 136 Å². The highest BCUT2D eigenvalue weighted by atomic mass is 32.1. The number of nitrogens with zero attached hydrogens (tertiary/aromatic N) is 6. The Hall–Kier alpha value is -11.3. The second-order valence-electron chi connectivity index (χ2n) is 30.4. The molecule has 2 fully saturated rings. The van der Waals surface area contributed by atoms with Crippen molar-refractivity contribution < 1.29 is 85.6 Å². The van der Waals surface area contributed by atoms with Gasteiger partial charge in [-0.2, -0.15) is 10.2 Å². The van der Waals surface area contributed by atoms with Crippen molar-refractivity contribution in [2.24, 2.45) is 28.0 Å². The Morgan fingerprint density at radius 2 is 0.912 bits per heavy atom. The molecule has 0 radical (unpaired) electrons. The number of thiazole rings is 2. The zero-order chi connectivity index (χ0) is 88.0. The molecule has 0 aliphatic heterocycles. The molecule has 0 spiro atoms. The predicted octanol–water partition coefficient (Wildman–Crippen LogP) is 20.3. The first-order valence-electron chi connectivity index (χ1n) is 43.6. The van der Waals surface area contributed by atoms with Gasteiger partial charge in [0.25, 0.3) is 0 Å². The van der Waals surface area contributed by atoms with Crippen molar-refractivity contribution in [3.63, 3.8) is 0 Å². The number of esters is 6. The summed E-state index contributed by atoms with van der Waals surface area (Å²) < 4.78 is 69.1. The molecular weight excluding hydrogens is 1630 g/mol. The normalized spacial score (nSPS) is 15.0. The number of hydrogen-bond acceptors (Lipinski definition) is 26. The van der Waals surface area contributed by atoms with Gasteiger partial charge in [-0.25, -0.2) is 39.2 Å². The Kier molecular flexibility index (Phi) is 41.3. The zero-order valence-corrected chi connectivity index (χ0v) is 73.9. The first-order valence-corrected chi connectivity index (χ1v) is 45.3. The smallest absolute Gasteiger partial charge is 0.343 e. The molecule has 664 valence electrons. The third kappa shape index (κ3) is 32.7. The predicted molar refractivity (Wildman–Crippen MR) is 491 cm³/mol. The molecule has 9 aromatic rings. The van der Waals surface area contributed by atoms with Crippen molar-refractivity contribution >= 4 is 102 Å². The summed E-state index contributed by atoms with van der Waals surface area (Å²) in [6, 6.07) is 50.3. The van der Waals surface area contributed by atoms with E-state index < -0.39 is 23.9 Å². The van der Waals surface area contributed by atoms with Crippen molar-refractivity contribution in [3.05, 3.63) is 224 Å². The fraction of sp³-hybridized carbons (Fsp3) is 0.414. The molecule has 26 heteroatoms. The summed E-state index contributed by atoms with van der Waals surface area (Å²) in [4.78, 5) is 83.9. The van der Waals surface area contributed by atoms with Crippen LogP contribution in [0.4, 0.5) is 10.3 Å². The highest BCUT2D eigenvalue weighted by Crippen LogP contribution is 2.40. The number of unbranched alkanes of at least 4 members (excludes halogenated alkanes) is 6. The highest BCUT2D eigenvalue weighted by molar-refractivity contribution is 7.22. The molecule has 0 unspecified atom stereocenters. The Balaban J connectivity index is 0.000000269. The summed E-state index contributed by atoms with van der Waals surface area (Å²) >= 11 is 3.08. The van der Waals surface area contributed by atoms with Gasteiger partial charge in [0.1, 0.15) is 35.4 Å². The first-order chi connectivity index (χ1) is 61.2. The Morgan fingerprint density at radius 3 is 1.44 bits per heavy atom. The fourth-order valence-corrected chi connectivity index (χ4v) is 16.3. The summed E-state index contributed by atoms with van der Waals surface area (Å²) in [6.45, 7) is 20.1. The van der Waals surface area contributed by atoms with Crippen LogP contribution in [-0.2, 0) is 63.6 Å². The van der Waals surface area contributed by atoms with Gasteiger partial charge >= 0.3 is 35.8 Å². The lowest BCUT2D eigenvalue weighted by Gasteiger charge is -2.29. The number of hydrogen-bond donors (Lipinski definition) is 0. The van der Waals surface area contributed by atoms with E-state index in [9.17, 15) is 28.8 Å². The second kappa shape index (κ2) is 53.8. The third-order valence-corrected chi connectivity index (χ3v) is 23.4. The van der Waals surface area contributed by atoms with Crippen LogP contribution in [-0.4, -0.2) is 158 Å². The van der Waals surface area contributed by atoms with Gasteiger partial charge in [0, 0.05) is 36.5 Å². The number of para-hydroxylation sites is 2. The minimum absolute atomic E-state index is 0.139. The number of fused-ring (bicyclic) bond motifs is 2. The van der Waals surface area contributed by atoms with Crippen molar-refractivity contribution in [2.45, 2.75) is 148 Å². The van der Waals surface area contributed by atoms with Gasteiger partial charge in [-0.05, 0) is 240 Å². The average molecular weight is 1740 g/mol. The van der Waals surface area contributed by atoms with Crippen molar-refractivity contribution in [1.82, 2.24) is 9.97 Å². The van der Waals surface area contributed by atoms with Crippen LogP contribution in [0.1, 0.15) is 174 Å². The molecule has 2 heterocycles. The molecule has 7 aromatic carbocycles. The Morgan fingerprint density at radius 1 is 0.448 bits per heavy atom. The summed E-state index contributed by atoms with van der Waals surface area (Å²) in [5.74, 6) is 0.688. The van der Waals surface area contributed by atoms with Gasteiger partial charge in [-0.15, -0.1) is 0 Å². The Labute approximate surface area is 741 Å². The maximum absolute atomic E-state index is 13.9. The van der Waals surface area contributed by atoms with Gasteiger partial charge in [-0.1, -0.05) is 136 Å². The van der Waals surface area contributed by atoms with Crippen LogP contribution >= 0.6 is 22.7 Å². The van der Waals surface area contributed by atoms with E-state index >= 15 is 0 Å². The first kappa shape index (κ1) is 96.0. The lowest BCUT2D eigenvalue weighted by molar-refractivity contribution is -0.145. The van der Waals surface area contributed by atoms with Gasteiger partial charge in [0.2, 0.25) is 10.3 Å². The van der Waals surface area contributed by atoms with Crippen LogP contribution in [0.5, 0.6) is 28.7 Å². The number of rotatable bonds is 52. The molecule has 2 aliphatic carbocycles. The zero-order valence-electron chi connectivity index (χ0n) is 72.2. The number of anilines is 2. The largest absolute Gasteiger partial charge is 0.494 e. The van der Waals surface area contributed by atoms with Crippen LogP contribution < -0.4 is 33.7 Å². The maximum atomic E-state index is 13.9. The van der Waals surface area contributed by atoms with E-state index in [0.717, 1.165) is 132 Å². The van der Waals surface area contributed by atoms with Crippen LogP contribution in [0.2, 0.25) is 0 Å². The van der Waals surface area contributed by atoms with E-state index in [4.69, 9.17) is 77.0 Å². The molecule has 0 amide bonds. The molecule has 2 aromatic heterocycles. The van der Waals surface area contributed by atoms with Gasteiger partial charge in [-0.3, -0.25) is 9.59 Å². The number of methoxy groups -OCH3 is 1. The molecule has 0 N–H and O–H groups in total. The number of aryl methyl sites for hydroxylation is 1. The molecular formula is C99H118N6O18S2. The standard InChI is InChI=1S/C55H69N3O11S.C44H49N3O7S/c1-4-13-40-16-18-41(19-17-40)44-24-29-49(45(38-44)39-56-58(55-57-48-14-9-10-15-50(48)70-55)30-33-63-34-35-64-36-37-67-52(60)6-3)69-54(62)43-22-20-42(21-23-43)53(61)68-47-27-25-46(26-28-47)65-31-11-7-8-12-32-66-51(59)5-2;1-4-12-33-15-17-34(18-16-33)36-21-24-40(54-43(49)35-19-22-38(23-20-35)52-26-10-6-7-11-27-53-42(48)5-2)37(31-36)32-45-47(25-28-51-30-29-50-3)44-46-39-13-8-9-14-41(39)55-44/h5-6,9-10,14-15,24-29,38-43H,2-4,7-8,11-13,16-23,30-37H2,1H3;5,8-9,13-24,31-32H,2,4,6-7,10-12,25-30H2,1,3H3/b56-39+;45-32+. The molecule has 0 saturated heterocycles. The van der Waals surface area contributed by atoms with Crippen molar-refractivity contribution in [3.8, 4) is 39.9 Å². The van der Waals surface area contributed by atoms with E-state index in [0.29, 0.717) is 161 Å². The summed E-state index contributed by atoms with van der Waals surface area (Å²) in [6.07, 6.45) is 25.3. The summed E-state index contributed by atoms with van der Waals surface area (Å²) in [5, 5.41) is 14.9. The monoisotopic (exact) mass is 1740 g/mol. The second-order valence-corrected chi connectivity index (χ2v) is 32.4. The van der Waals surface area contributed by atoms with Crippen LogP contribution in [0, 0.1) is 17.8 Å². The van der Waals surface area contributed by atoms with E-state index in [1.165, 1.54) is 54.2 Å². The van der Waals surface area contributed by atoms with E-state index in [-0.39, 0.29) is 37.0 Å². The molecule has 0 bridgehead atoms. The lowest BCUT2D eigenvalue weighted by Crippen LogP contribution is -2.30. The van der Waals surface area contributed by atoms with Gasteiger partial charge < -0.3 is 56.8 Å². The third-order valence-electron chi connectivity index (χ3n) is 21.3. The van der Waals surface area contributed by atoms with Crippen LogP contribution in [0.15, 0.2) is 206 Å². The average Bonchev–Trinajstić information content (AvgIpc) is 1.82. The number of ether oxygens (including phenoxy) is 12.